The first-order chi connectivity index (χ1) is 10.5. The quantitative estimate of drug-likeness (QED) is 0.726. The molecule has 0 aromatic carbocycles. The first-order valence-corrected chi connectivity index (χ1v) is 7.68. The molecule has 1 aliphatic heterocycles. The number of piperidine rings is 1. The molecule has 1 aliphatic rings. The highest BCUT2D eigenvalue weighted by atomic mass is 16.4. The summed E-state index contributed by atoms with van der Waals surface area (Å²) in [7, 11) is 0. The first-order valence-electron chi connectivity index (χ1n) is 7.68. The Morgan fingerprint density at radius 1 is 1.50 bits per heavy atom. The Balaban J connectivity index is 2.11. The number of hydrogen-bond donors (Lipinski definition) is 3. The van der Waals surface area contributed by atoms with Gasteiger partial charge in [-0.3, -0.25) is 0 Å². The topological polar surface area (TPSA) is 98.6 Å². The molecule has 1 aromatic rings. The molecule has 0 saturated carbocycles. The summed E-state index contributed by atoms with van der Waals surface area (Å²) < 4.78 is 0. The van der Waals surface area contributed by atoms with Crippen LogP contribution in [0.1, 0.15) is 26.7 Å². The van der Waals surface area contributed by atoms with Gasteiger partial charge in [0.1, 0.15) is 24.0 Å². The molecule has 7 nitrogen and oxygen atoms in total. The van der Waals surface area contributed by atoms with Crippen LogP contribution in [0.15, 0.2) is 12.4 Å². The summed E-state index contributed by atoms with van der Waals surface area (Å²) in [5.41, 5.74) is 0. The fourth-order valence-electron chi connectivity index (χ4n) is 2.69. The summed E-state index contributed by atoms with van der Waals surface area (Å²) in [4.78, 5) is 21.8. The highest BCUT2D eigenvalue weighted by Crippen LogP contribution is 2.23. The Hall–Kier alpha value is -1.89. The van der Waals surface area contributed by atoms with Crippen molar-refractivity contribution in [2.45, 2.75) is 32.7 Å². The lowest BCUT2D eigenvalue weighted by Gasteiger charge is -2.32. The fraction of sp³-hybridized carbons (Fsp3) is 0.667. The van der Waals surface area contributed by atoms with Crippen LogP contribution >= 0.6 is 0 Å². The Bertz CT molecular complexity index is 509. The van der Waals surface area contributed by atoms with Crippen LogP contribution in [0.3, 0.4) is 0 Å². The molecule has 2 heterocycles. The van der Waals surface area contributed by atoms with Gasteiger partial charge in [-0.2, -0.15) is 0 Å². The first kappa shape index (κ1) is 16.5. The molecule has 122 valence electrons. The molecule has 0 spiro atoms. The largest absolute Gasteiger partial charge is 0.480 e. The number of hydrogen-bond acceptors (Lipinski definition) is 6. The highest BCUT2D eigenvalue weighted by Gasteiger charge is 2.23. The van der Waals surface area contributed by atoms with Gasteiger partial charge >= 0.3 is 5.97 Å². The van der Waals surface area contributed by atoms with E-state index in [1.807, 2.05) is 13.8 Å². The number of anilines is 2. The summed E-state index contributed by atoms with van der Waals surface area (Å²) in [6, 6.07) is 1.09. The van der Waals surface area contributed by atoms with Gasteiger partial charge in [0.25, 0.3) is 0 Å². The number of aliphatic carboxylic acids is 1. The maximum atomic E-state index is 11.3. The molecule has 2 atom stereocenters. The fourth-order valence-corrected chi connectivity index (χ4v) is 2.69. The minimum atomic E-state index is -0.895. The number of aliphatic hydroxyl groups excluding tert-OH is 1. The van der Waals surface area contributed by atoms with Crippen molar-refractivity contribution in [2.75, 3.05) is 29.9 Å². The van der Waals surface area contributed by atoms with Crippen molar-refractivity contribution in [3.63, 3.8) is 0 Å². The highest BCUT2D eigenvalue weighted by molar-refractivity contribution is 5.77. The average Bonchev–Trinajstić information content (AvgIpc) is 2.52. The van der Waals surface area contributed by atoms with E-state index >= 15 is 0 Å². The van der Waals surface area contributed by atoms with Gasteiger partial charge in [-0.05, 0) is 24.7 Å². The van der Waals surface area contributed by atoms with Crippen LogP contribution in [0.4, 0.5) is 11.6 Å². The smallest absolute Gasteiger partial charge is 0.326 e. The van der Waals surface area contributed by atoms with Gasteiger partial charge in [-0.25, -0.2) is 14.8 Å². The molecule has 1 aromatic heterocycles. The van der Waals surface area contributed by atoms with E-state index in [1.54, 1.807) is 6.07 Å². The number of rotatable bonds is 6. The Labute approximate surface area is 130 Å². The molecule has 3 N–H and O–H groups in total. The van der Waals surface area contributed by atoms with E-state index < -0.39 is 12.0 Å². The van der Waals surface area contributed by atoms with E-state index in [1.165, 1.54) is 6.33 Å². The van der Waals surface area contributed by atoms with Crippen molar-refractivity contribution in [3.05, 3.63) is 12.4 Å². The van der Waals surface area contributed by atoms with Crippen LogP contribution < -0.4 is 10.2 Å². The molecule has 0 bridgehead atoms. The zero-order valence-corrected chi connectivity index (χ0v) is 13.1. The molecular formula is C15H24N4O3. The minimum Gasteiger partial charge on any atom is -0.480 e. The van der Waals surface area contributed by atoms with E-state index in [-0.39, 0.29) is 18.4 Å². The Kier molecular flexibility index (Phi) is 5.54. The van der Waals surface area contributed by atoms with Crippen LogP contribution in [0.2, 0.25) is 0 Å². The molecule has 1 unspecified atom stereocenters. The number of nitrogens with zero attached hydrogens (tertiary/aromatic N) is 3. The molecule has 1 fully saturated rings. The van der Waals surface area contributed by atoms with E-state index in [9.17, 15) is 15.0 Å². The predicted octanol–water partition coefficient (Wildman–Crippen LogP) is 1.21. The number of carboxylic acid groups (broad SMARTS) is 1. The molecule has 0 aliphatic carbocycles. The van der Waals surface area contributed by atoms with E-state index in [2.05, 4.69) is 20.2 Å². The lowest BCUT2D eigenvalue weighted by Crippen LogP contribution is -2.37. The van der Waals surface area contributed by atoms with Crippen LogP contribution in [0, 0.1) is 11.8 Å². The number of carbonyl (C=O) groups is 1. The van der Waals surface area contributed by atoms with Gasteiger partial charge in [-0.15, -0.1) is 0 Å². The third-order valence-electron chi connectivity index (χ3n) is 3.99. The van der Waals surface area contributed by atoms with Crippen LogP contribution in [-0.4, -0.2) is 51.9 Å². The van der Waals surface area contributed by atoms with Crippen molar-refractivity contribution in [1.29, 1.82) is 0 Å². The summed E-state index contributed by atoms with van der Waals surface area (Å²) in [6.07, 6.45) is 3.48. The lowest BCUT2D eigenvalue weighted by molar-refractivity contribution is -0.138. The third kappa shape index (κ3) is 4.07. The maximum absolute atomic E-state index is 11.3. The molecule has 0 radical (unpaired) electrons. The number of carboxylic acids is 1. The van der Waals surface area contributed by atoms with Gasteiger partial charge in [0.2, 0.25) is 0 Å². The Morgan fingerprint density at radius 2 is 2.27 bits per heavy atom. The normalized spacial score (nSPS) is 20.0. The van der Waals surface area contributed by atoms with E-state index in [0.717, 1.165) is 31.7 Å². The van der Waals surface area contributed by atoms with Crippen molar-refractivity contribution >= 4 is 17.6 Å². The maximum Gasteiger partial charge on any atom is 0.326 e. The Morgan fingerprint density at radius 3 is 2.91 bits per heavy atom. The second-order valence-electron chi connectivity index (χ2n) is 6.10. The van der Waals surface area contributed by atoms with E-state index in [0.29, 0.717) is 5.82 Å². The van der Waals surface area contributed by atoms with Gasteiger partial charge in [0, 0.05) is 25.8 Å². The predicted molar refractivity (Wildman–Crippen MR) is 83.9 cm³/mol. The van der Waals surface area contributed by atoms with E-state index in [4.69, 9.17) is 0 Å². The second-order valence-corrected chi connectivity index (χ2v) is 6.10. The summed E-state index contributed by atoms with van der Waals surface area (Å²) >= 11 is 0. The molecule has 22 heavy (non-hydrogen) atoms. The van der Waals surface area contributed by atoms with Crippen molar-refractivity contribution in [1.82, 2.24) is 9.97 Å². The summed E-state index contributed by atoms with van der Waals surface area (Å²) in [6.45, 7) is 5.54. The summed E-state index contributed by atoms with van der Waals surface area (Å²) in [5.74, 6) is 0.599. The van der Waals surface area contributed by atoms with Gasteiger partial charge in [-0.1, -0.05) is 13.8 Å². The van der Waals surface area contributed by atoms with Crippen molar-refractivity contribution < 1.29 is 15.0 Å². The molecular weight excluding hydrogens is 284 g/mol. The molecule has 2 rings (SSSR count). The van der Waals surface area contributed by atoms with Crippen molar-refractivity contribution in [3.8, 4) is 0 Å². The van der Waals surface area contributed by atoms with Crippen LogP contribution in [-0.2, 0) is 4.79 Å². The average molecular weight is 308 g/mol. The zero-order valence-electron chi connectivity index (χ0n) is 13.1. The molecule has 0 amide bonds. The summed E-state index contributed by atoms with van der Waals surface area (Å²) in [5, 5.41) is 21.5. The number of nitrogens with one attached hydrogen (secondary N) is 1. The third-order valence-corrected chi connectivity index (χ3v) is 3.99. The van der Waals surface area contributed by atoms with Gasteiger partial charge < -0.3 is 20.4 Å². The SMILES string of the molecule is CC(C)[C@H](Nc1cc(N2CCCC(CO)C2)ncn1)C(=O)O. The number of aromatic nitrogens is 2. The van der Waals surface area contributed by atoms with Gasteiger partial charge in [0.15, 0.2) is 0 Å². The van der Waals surface area contributed by atoms with Crippen LogP contribution in [0.25, 0.3) is 0 Å². The molecule has 1 saturated heterocycles. The number of aliphatic hydroxyl groups is 1. The minimum absolute atomic E-state index is 0.0512. The lowest BCUT2D eigenvalue weighted by atomic mass is 9.99. The monoisotopic (exact) mass is 308 g/mol. The second kappa shape index (κ2) is 7.40. The standard InChI is InChI=1S/C15H24N4O3/c1-10(2)14(15(21)22)18-12-6-13(17-9-16-12)19-5-3-4-11(7-19)8-20/h6,9-11,14,20H,3-5,7-8H2,1-2H3,(H,21,22)(H,16,17,18)/t11?,14-/m0/s1. The van der Waals surface area contributed by atoms with Crippen molar-refractivity contribution in [2.24, 2.45) is 11.8 Å². The van der Waals surface area contributed by atoms with Gasteiger partial charge in [0.05, 0.1) is 0 Å². The molecule has 7 heteroatoms. The zero-order chi connectivity index (χ0) is 16.1. The van der Waals surface area contributed by atoms with Crippen LogP contribution in [0.5, 0.6) is 0 Å².